The first-order valence-corrected chi connectivity index (χ1v) is 8.11. The minimum absolute atomic E-state index is 0.0289. The van der Waals surface area contributed by atoms with Gasteiger partial charge in [-0.25, -0.2) is 4.98 Å². The van der Waals surface area contributed by atoms with Crippen LogP contribution in [-0.4, -0.2) is 42.1 Å². The van der Waals surface area contributed by atoms with Crippen LogP contribution in [0.5, 0.6) is 0 Å². The number of hydrogen-bond acceptors (Lipinski definition) is 3. The van der Waals surface area contributed by atoms with Crippen molar-refractivity contribution in [3.8, 4) is 0 Å². The average molecular weight is 310 g/mol. The number of piperidine rings is 1. The van der Waals surface area contributed by atoms with Gasteiger partial charge in [-0.1, -0.05) is 30.3 Å². The van der Waals surface area contributed by atoms with Crippen LogP contribution in [0, 0.1) is 5.92 Å². The van der Waals surface area contributed by atoms with E-state index in [9.17, 15) is 4.79 Å². The Balaban J connectivity index is 1.61. The Bertz CT molecular complexity index is 691. The predicted molar refractivity (Wildman–Crippen MR) is 91.4 cm³/mol. The highest BCUT2D eigenvalue weighted by Gasteiger charge is 2.24. The average Bonchev–Trinajstić information content (AvgIpc) is 2.61. The van der Waals surface area contributed by atoms with Gasteiger partial charge in [0.15, 0.2) is 0 Å². The topological polar surface area (TPSA) is 42.4 Å². The number of amides is 1. The maximum absolute atomic E-state index is 12.6. The molecule has 1 saturated heterocycles. The molecule has 1 aromatic carbocycles. The predicted octanol–water partition coefficient (Wildman–Crippen LogP) is 3.29. The first-order chi connectivity index (χ1) is 11.3. The van der Waals surface area contributed by atoms with Crippen molar-refractivity contribution in [3.63, 3.8) is 0 Å². The lowest BCUT2D eigenvalue weighted by atomic mass is 9.97. The molecule has 0 spiro atoms. The van der Waals surface area contributed by atoms with E-state index in [1.54, 1.807) is 6.08 Å². The van der Waals surface area contributed by atoms with Crippen molar-refractivity contribution in [2.75, 3.05) is 26.3 Å². The van der Waals surface area contributed by atoms with Crippen molar-refractivity contribution in [2.24, 2.45) is 5.92 Å². The molecule has 0 saturated carbocycles. The van der Waals surface area contributed by atoms with Gasteiger partial charge in [0.05, 0.1) is 12.1 Å². The van der Waals surface area contributed by atoms with Gasteiger partial charge < -0.3 is 9.64 Å². The third kappa shape index (κ3) is 3.77. The van der Waals surface area contributed by atoms with Crippen LogP contribution >= 0.6 is 0 Å². The quantitative estimate of drug-likeness (QED) is 0.628. The van der Waals surface area contributed by atoms with E-state index in [0.29, 0.717) is 18.2 Å². The SMILES string of the molecule is C=CCOCC1CCN(C(=O)c2ccc3ccccc3n2)CC1. The van der Waals surface area contributed by atoms with Crippen LogP contribution in [0.25, 0.3) is 10.9 Å². The van der Waals surface area contributed by atoms with Crippen LogP contribution in [0.2, 0.25) is 0 Å². The molecule has 23 heavy (non-hydrogen) atoms. The minimum Gasteiger partial charge on any atom is -0.377 e. The number of ether oxygens (including phenoxy) is 1. The number of nitrogens with zero attached hydrogens (tertiary/aromatic N) is 2. The fraction of sp³-hybridized carbons (Fsp3) is 0.368. The number of carbonyl (C=O) groups excluding carboxylic acids is 1. The fourth-order valence-electron chi connectivity index (χ4n) is 2.97. The summed E-state index contributed by atoms with van der Waals surface area (Å²) in [7, 11) is 0. The number of rotatable bonds is 5. The first-order valence-electron chi connectivity index (χ1n) is 8.11. The minimum atomic E-state index is 0.0289. The van der Waals surface area contributed by atoms with Gasteiger partial charge in [-0.3, -0.25) is 4.79 Å². The van der Waals surface area contributed by atoms with Crippen molar-refractivity contribution in [1.29, 1.82) is 0 Å². The summed E-state index contributed by atoms with van der Waals surface area (Å²) in [5, 5.41) is 1.06. The van der Waals surface area contributed by atoms with Crippen molar-refractivity contribution < 1.29 is 9.53 Å². The second-order valence-electron chi connectivity index (χ2n) is 5.95. The van der Waals surface area contributed by atoms with Crippen molar-refractivity contribution in [2.45, 2.75) is 12.8 Å². The molecule has 0 unspecified atom stereocenters. The lowest BCUT2D eigenvalue weighted by Gasteiger charge is -2.31. The molecular weight excluding hydrogens is 288 g/mol. The molecule has 4 heteroatoms. The number of fused-ring (bicyclic) bond motifs is 1. The standard InChI is InChI=1S/C19H22N2O2/c1-2-13-23-14-15-9-11-21(12-10-15)19(22)18-8-7-16-5-3-4-6-17(16)20-18/h2-8,15H,1,9-14H2. The number of pyridine rings is 1. The van der Waals surface area contributed by atoms with E-state index in [4.69, 9.17) is 4.74 Å². The maximum atomic E-state index is 12.6. The van der Waals surface area contributed by atoms with Crippen molar-refractivity contribution in [1.82, 2.24) is 9.88 Å². The number of carbonyl (C=O) groups is 1. The molecule has 3 rings (SSSR count). The Hall–Kier alpha value is -2.20. The Morgan fingerprint density at radius 1 is 1.26 bits per heavy atom. The van der Waals surface area contributed by atoms with Gasteiger partial charge in [0.1, 0.15) is 5.69 Å². The van der Waals surface area contributed by atoms with Crippen LogP contribution < -0.4 is 0 Å². The third-order valence-electron chi connectivity index (χ3n) is 4.31. The van der Waals surface area contributed by atoms with Gasteiger partial charge in [0.25, 0.3) is 5.91 Å². The summed E-state index contributed by atoms with van der Waals surface area (Å²) in [5.74, 6) is 0.560. The molecule has 0 aliphatic carbocycles. The van der Waals surface area contributed by atoms with E-state index in [2.05, 4.69) is 11.6 Å². The molecule has 0 radical (unpaired) electrons. The zero-order chi connectivity index (χ0) is 16.1. The van der Waals surface area contributed by atoms with Crippen LogP contribution in [-0.2, 0) is 4.74 Å². The monoisotopic (exact) mass is 310 g/mol. The summed E-state index contributed by atoms with van der Waals surface area (Å²) in [5.41, 5.74) is 1.40. The highest BCUT2D eigenvalue weighted by Crippen LogP contribution is 2.20. The largest absolute Gasteiger partial charge is 0.377 e. The van der Waals surface area contributed by atoms with E-state index < -0.39 is 0 Å². The molecule has 1 fully saturated rings. The van der Waals surface area contributed by atoms with E-state index in [-0.39, 0.29) is 5.91 Å². The lowest BCUT2D eigenvalue weighted by Crippen LogP contribution is -2.39. The van der Waals surface area contributed by atoms with Crippen molar-refractivity contribution in [3.05, 3.63) is 54.7 Å². The zero-order valence-electron chi connectivity index (χ0n) is 13.3. The Morgan fingerprint density at radius 3 is 2.83 bits per heavy atom. The summed E-state index contributed by atoms with van der Waals surface area (Å²) in [6.07, 6.45) is 3.73. The number of para-hydroxylation sites is 1. The molecule has 1 aliphatic rings. The van der Waals surface area contributed by atoms with Gasteiger partial charge in [-0.2, -0.15) is 0 Å². The Morgan fingerprint density at radius 2 is 2.04 bits per heavy atom. The van der Waals surface area contributed by atoms with E-state index in [1.807, 2.05) is 41.3 Å². The second kappa shape index (κ2) is 7.38. The number of hydrogen-bond donors (Lipinski definition) is 0. The van der Waals surface area contributed by atoms with E-state index >= 15 is 0 Å². The van der Waals surface area contributed by atoms with Gasteiger partial charge in [-0.05, 0) is 30.9 Å². The fourth-order valence-corrected chi connectivity index (χ4v) is 2.97. The molecular formula is C19H22N2O2. The van der Waals surface area contributed by atoms with Crippen LogP contribution in [0.1, 0.15) is 23.3 Å². The summed E-state index contributed by atoms with van der Waals surface area (Å²) in [4.78, 5) is 19.0. The molecule has 0 atom stereocenters. The summed E-state index contributed by atoms with van der Waals surface area (Å²) in [6, 6.07) is 11.7. The lowest BCUT2D eigenvalue weighted by molar-refractivity contribution is 0.0571. The third-order valence-corrected chi connectivity index (χ3v) is 4.31. The summed E-state index contributed by atoms with van der Waals surface area (Å²) >= 11 is 0. The Labute approximate surface area is 136 Å². The maximum Gasteiger partial charge on any atom is 0.272 e. The smallest absolute Gasteiger partial charge is 0.272 e. The van der Waals surface area contributed by atoms with Crippen LogP contribution in [0.15, 0.2) is 49.1 Å². The normalized spacial score (nSPS) is 15.7. The number of likely N-dealkylation sites (tertiary alicyclic amines) is 1. The second-order valence-corrected chi connectivity index (χ2v) is 5.95. The van der Waals surface area contributed by atoms with Gasteiger partial charge >= 0.3 is 0 Å². The molecule has 120 valence electrons. The van der Waals surface area contributed by atoms with Gasteiger partial charge in [0, 0.05) is 25.1 Å². The Kier molecular flexibility index (Phi) is 5.03. The van der Waals surface area contributed by atoms with Crippen LogP contribution in [0.4, 0.5) is 0 Å². The van der Waals surface area contributed by atoms with Crippen LogP contribution in [0.3, 0.4) is 0 Å². The number of benzene rings is 1. The highest BCUT2D eigenvalue weighted by molar-refractivity contribution is 5.94. The van der Waals surface area contributed by atoms with E-state index in [0.717, 1.165) is 43.4 Å². The molecule has 2 heterocycles. The number of aromatic nitrogens is 1. The zero-order valence-corrected chi connectivity index (χ0v) is 13.3. The van der Waals surface area contributed by atoms with Crippen molar-refractivity contribution >= 4 is 16.8 Å². The molecule has 1 amide bonds. The molecule has 0 N–H and O–H groups in total. The summed E-state index contributed by atoms with van der Waals surface area (Å²) in [6.45, 7) is 6.55. The highest BCUT2D eigenvalue weighted by atomic mass is 16.5. The molecule has 1 aromatic heterocycles. The van der Waals surface area contributed by atoms with Gasteiger partial charge in [-0.15, -0.1) is 6.58 Å². The summed E-state index contributed by atoms with van der Waals surface area (Å²) < 4.78 is 5.52. The molecule has 0 bridgehead atoms. The molecule has 2 aromatic rings. The first kappa shape index (κ1) is 15.7. The molecule has 1 aliphatic heterocycles. The van der Waals surface area contributed by atoms with E-state index in [1.165, 1.54) is 0 Å². The van der Waals surface area contributed by atoms with Gasteiger partial charge in [0.2, 0.25) is 0 Å². The molecule has 4 nitrogen and oxygen atoms in total.